The SMILES string of the molecule is C=C1NC(=O)C(C)=CN1C1OC(CCP(=C)(C)C)[C@@H](O)[C@H]1O.C=C1NC(=O)C=NN1C1OC(CCP(=C)(C)C)[C@@H](O)[C@H]1O.C=C1NC(=O)N(C)C=C1C1OC(CCP(=C)(C)C)[C@@H](O)[C@H]1O.C=C1NC(=O)NC=C1C1OC(CCP(=C)(C)C)[C@@H](O)[C@H]1O.C=C1NC(=S)CCN1C1OC(CCP(=C)(C)C)[C@@H](O)[C@H]1O.C=P(C)(C)CCC1OC(c2c[nH]c(=O)n(C)c2=O)[C@H](O)[C@@H]1O. The van der Waals surface area contributed by atoms with Crippen LogP contribution >= 0.6 is 53.5 Å². The number of rotatable bonds is 24. The molecule has 11 aliphatic heterocycles. The maximum absolute atomic E-state index is 12.1. The fourth-order valence-corrected chi connectivity index (χ4v) is 20.9. The van der Waals surface area contributed by atoms with E-state index in [1.807, 2.05) is 4.90 Å². The highest BCUT2D eigenvalue weighted by molar-refractivity contribution is 7.80. The molecule has 12 heterocycles. The van der Waals surface area contributed by atoms with Crippen molar-refractivity contribution in [2.24, 2.45) is 12.1 Å². The third-order valence-corrected chi connectivity index (χ3v) is 31.8. The summed E-state index contributed by atoms with van der Waals surface area (Å²) in [4.78, 5) is 76.9. The van der Waals surface area contributed by atoms with Crippen molar-refractivity contribution in [3.05, 3.63) is 130 Å². The lowest BCUT2D eigenvalue weighted by molar-refractivity contribution is -0.119. The van der Waals surface area contributed by atoms with Crippen LogP contribution in [0.3, 0.4) is 0 Å². The Balaban J connectivity index is 0.000000212. The first-order valence-electron chi connectivity index (χ1n) is 42.3. The number of aromatic amines is 1. The van der Waals surface area contributed by atoms with Gasteiger partial charge in [-0.05, 0) is 162 Å². The number of carbonyl (C=O) groups is 4. The van der Waals surface area contributed by atoms with Gasteiger partial charge in [-0.2, -0.15) is 5.10 Å². The summed E-state index contributed by atoms with van der Waals surface area (Å²) >= 11 is 5.11. The highest BCUT2D eigenvalue weighted by Crippen LogP contribution is 2.46. The van der Waals surface area contributed by atoms with Crippen molar-refractivity contribution in [1.29, 1.82) is 0 Å². The smallest absolute Gasteiger partial charge is 0.328 e. The number of aromatic nitrogens is 2. The Morgan fingerprint density at radius 2 is 0.829 bits per heavy atom. The predicted octanol–water partition coefficient (Wildman–Crippen LogP) is 0.634. The monoisotopic (exact) mass is 1950 g/mol. The van der Waals surface area contributed by atoms with Crippen molar-refractivity contribution >= 4 is 126 Å². The summed E-state index contributed by atoms with van der Waals surface area (Å²) in [6.07, 6.45) is 22.2. The first kappa shape index (κ1) is 110. The van der Waals surface area contributed by atoms with Crippen LogP contribution in [0.25, 0.3) is 0 Å². The molecule has 129 heavy (non-hydrogen) atoms. The Morgan fingerprint density at radius 3 is 1.26 bits per heavy atom. The standard InChI is InChI=1S/2C15H25N2O4P.C14H23N2O5P.C14H23N2O4P.C14H25N2O3PS.C13H22N3O4P/c1-9-10(8-17(2)15(20)16-9)14-13(19)12(18)11(21-14)6-7-22(3,4)5;1-9-8-17(10(2)16-14(9)20)15-13(19)12(18)11(21-15)6-7-22(3,4)5;1-16-13(19)8(7-15-14(16)20)12-11(18)10(17)9(21-12)5-6-22(2,3)4;1-8-9(7-15-14(19)16-8)13-12(18)11(17)10(20-13)5-6-21(2,3)4;1-9-15-11(21)5-7-16(9)14-13(18)12(17)10(19-14)6-8-20(2,3)4;1-8-15-10(17)7-14-16(8)13-12(19)11(18)9(20-13)5-6-21(2,3)4/h8,11-14,18-19H,1,3,6-7H2,2,4-5H3,(H,16,20);8,11-13,15,18-19H,2-3,6-7H2,1,4-5H3,(H,16,20);7,9-12,17-18H,2,5-6H2,1,3-4H3,(H,15,20);7,10-13,17-18H,1-2,5-6H2,3-4H3,(H2,15,16,19);10,12-14,17-18H,1-2,5-8H2,3-4H3,(H,15,21);7,9,11-13,18-19H,1-2,5-6H2,3-4H3,(H,15,17)/t11?,12-,13-,14?;11?,12-,13-,15?;9?,10-,11-,12?;10?,11-,12-,13?;10?,12-,13-,14?;9?,11-,12-,13?/m111111/s1. The van der Waals surface area contributed by atoms with Crippen LogP contribution in [0.2, 0.25) is 0 Å². The number of amides is 6. The zero-order chi connectivity index (χ0) is 97.3. The first-order chi connectivity index (χ1) is 59.4. The maximum Gasteiger partial charge on any atom is 0.328 e. The molecule has 11 aliphatic rings. The number of H-pyrrole nitrogens is 1. The van der Waals surface area contributed by atoms with Crippen LogP contribution in [-0.2, 0) is 45.1 Å². The van der Waals surface area contributed by atoms with Gasteiger partial charge in [-0.15, -0.1) is 79.1 Å². The summed E-state index contributed by atoms with van der Waals surface area (Å²) in [5.41, 5.74) is 1.45. The Kier molecular flexibility index (Phi) is 39.0. The van der Waals surface area contributed by atoms with Gasteiger partial charge in [-0.1, -0.05) is 45.1 Å². The summed E-state index contributed by atoms with van der Waals surface area (Å²) in [7, 11) is 2.95. The second-order valence-corrected chi connectivity index (χ2v) is 64.7. The Hall–Kier alpha value is -5.88. The van der Waals surface area contributed by atoms with Gasteiger partial charge >= 0.3 is 17.8 Å². The molecule has 6 amide bonds. The molecule has 44 heteroatoms. The summed E-state index contributed by atoms with van der Waals surface area (Å²) in [5.74, 6) is 0.550. The predicted molar refractivity (Wildman–Crippen MR) is 527 cm³/mol. The Bertz CT molecular complexity index is 4850. The molecule has 19 N–H and O–H groups in total. The van der Waals surface area contributed by atoms with Gasteiger partial charge in [-0.3, -0.25) is 19.0 Å². The van der Waals surface area contributed by atoms with Gasteiger partial charge in [-0.25, -0.2) is 19.4 Å². The van der Waals surface area contributed by atoms with Crippen LogP contribution in [0.1, 0.15) is 63.5 Å². The summed E-state index contributed by atoms with van der Waals surface area (Å²) in [6.45, 7) is 39.3. The van der Waals surface area contributed by atoms with E-state index < -0.39 is 193 Å². The van der Waals surface area contributed by atoms with Crippen molar-refractivity contribution in [3.8, 4) is 0 Å². The first-order valence-corrected chi connectivity index (χ1v) is 61.0. The molecule has 12 unspecified atom stereocenters. The lowest BCUT2D eigenvalue weighted by Crippen LogP contribution is -2.51. The molecule has 0 aromatic carbocycles. The topological polar surface area (TPSA) is 519 Å². The third-order valence-electron chi connectivity index (χ3n) is 22.7. The van der Waals surface area contributed by atoms with Gasteiger partial charge in [0.05, 0.1) is 47.2 Å². The lowest BCUT2D eigenvalue weighted by atomic mass is 9.99. The van der Waals surface area contributed by atoms with Crippen LogP contribution in [0.15, 0.2) is 118 Å². The number of hydrogen-bond acceptors (Lipinski definition) is 29. The molecule has 728 valence electrons. The minimum absolute atomic E-state index is 0.139. The van der Waals surface area contributed by atoms with Crippen molar-refractivity contribution in [2.75, 3.05) is 131 Å². The number of hydrazone groups is 1. The van der Waals surface area contributed by atoms with Crippen LogP contribution in [0.5, 0.6) is 0 Å². The molecule has 24 atom stereocenters. The zero-order valence-electron chi connectivity index (χ0n) is 77.0. The zero-order valence-corrected chi connectivity index (χ0v) is 83.1. The van der Waals surface area contributed by atoms with Crippen molar-refractivity contribution in [3.63, 3.8) is 0 Å². The highest BCUT2D eigenvalue weighted by Gasteiger charge is 2.52. The molecule has 7 fully saturated rings. The van der Waals surface area contributed by atoms with Gasteiger partial charge in [0.25, 0.3) is 17.4 Å². The lowest BCUT2D eigenvalue weighted by Gasteiger charge is -2.37. The van der Waals surface area contributed by atoms with E-state index in [1.54, 1.807) is 31.3 Å². The van der Waals surface area contributed by atoms with Gasteiger partial charge in [0.1, 0.15) is 115 Å². The minimum Gasteiger partial charge on any atom is -0.388 e. The fourth-order valence-electron chi connectivity index (χ4n) is 15.0. The number of hydrogen-bond donors (Lipinski definition) is 19. The van der Waals surface area contributed by atoms with E-state index in [0.717, 1.165) is 52.7 Å². The number of ether oxygens (including phenoxy) is 6. The van der Waals surface area contributed by atoms with Crippen LogP contribution in [0.4, 0.5) is 9.59 Å². The van der Waals surface area contributed by atoms with Gasteiger partial charge in [0.15, 0.2) is 18.7 Å². The molecule has 0 bridgehead atoms. The molecule has 12 rings (SSSR count). The molecule has 0 saturated carbocycles. The van der Waals surface area contributed by atoms with E-state index in [4.69, 9.17) is 40.6 Å². The Labute approximate surface area is 763 Å². The molecular formula is C85H143N13O24P6S. The summed E-state index contributed by atoms with van der Waals surface area (Å²) in [5, 5.41) is 143. The summed E-state index contributed by atoms with van der Waals surface area (Å²) in [6, 6.07) is -0.668. The van der Waals surface area contributed by atoms with E-state index in [9.17, 15) is 90.0 Å². The number of urea groups is 2. The van der Waals surface area contributed by atoms with Crippen molar-refractivity contribution in [2.45, 2.75) is 199 Å². The number of aliphatic hydroxyl groups is 12. The molecule has 0 spiro atoms. The van der Waals surface area contributed by atoms with Gasteiger partial charge in [0.2, 0.25) is 0 Å². The van der Waals surface area contributed by atoms with Crippen molar-refractivity contribution in [1.82, 2.24) is 61.2 Å². The van der Waals surface area contributed by atoms with E-state index in [-0.39, 0.29) is 41.4 Å². The van der Waals surface area contributed by atoms with Crippen molar-refractivity contribution < 1.29 is 109 Å². The van der Waals surface area contributed by atoms with E-state index in [2.05, 4.69) is 193 Å². The van der Waals surface area contributed by atoms with Crippen LogP contribution < -0.4 is 43.1 Å². The number of thiocarbonyl (C=S) groups is 1. The maximum atomic E-state index is 12.1. The molecule has 0 radical (unpaired) electrons. The third kappa shape index (κ3) is 31.1. The van der Waals surface area contributed by atoms with E-state index in [0.29, 0.717) is 91.2 Å². The number of nitrogens with zero attached hydrogens (tertiary/aromatic N) is 6. The number of nitrogens with one attached hydrogen (secondary N) is 7. The molecule has 1 aromatic heterocycles. The van der Waals surface area contributed by atoms with Gasteiger partial charge < -0.3 is 141 Å². The largest absolute Gasteiger partial charge is 0.388 e. The molecule has 7 saturated heterocycles. The molecule has 37 nitrogen and oxygen atoms in total. The van der Waals surface area contributed by atoms with E-state index in [1.165, 1.54) is 29.4 Å². The second kappa shape index (κ2) is 45.6. The highest BCUT2D eigenvalue weighted by atomic mass is 32.1. The minimum atomic E-state index is -1.27. The normalized spacial score (nSPS) is 32.6. The summed E-state index contributed by atoms with van der Waals surface area (Å²) < 4.78 is 35.7. The molecule has 0 aliphatic carbocycles. The van der Waals surface area contributed by atoms with Crippen LogP contribution in [0, 0.1) is 0 Å². The van der Waals surface area contributed by atoms with E-state index >= 15 is 0 Å². The van der Waals surface area contributed by atoms with Gasteiger partial charge in [0, 0.05) is 80.0 Å². The Morgan fingerprint density at radius 1 is 0.450 bits per heavy atom. The van der Waals surface area contributed by atoms with Crippen LogP contribution in [-0.4, -0.2) is 435 Å². The number of carbonyl (C=O) groups excluding carboxylic acids is 4. The number of aliphatic hydroxyl groups excluding tert-OH is 12. The molecular weight excluding hydrogens is 1800 g/mol. The average molecular weight is 1950 g/mol. The second-order valence-electron chi connectivity index (χ2n) is 38.3. The fraction of sp³-hybridized carbons (Fsp3) is 0.624. The average Bonchev–Trinajstić information content (AvgIpc) is 1.67. The quantitative estimate of drug-likeness (QED) is 0.0499. The molecule has 1 aromatic rings.